The molecular weight excluding hydrogens is 350 g/mol. The average Bonchev–Trinajstić information content (AvgIpc) is 2.57. The number of hydrogen-bond acceptors (Lipinski definition) is 5. The van der Waals surface area contributed by atoms with Crippen molar-refractivity contribution in [1.82, 2.24) is 5.32 Å². The summed E-state index contributed by atoms with van der Waals surface area (Å²) < 4.78 is 10.6. The third-order valence-electron chi connectivity index (χ3n) is 3.62. The van der Waals surface area contributed by atoms with Crippen LogP contribution in [0.1, 0.15) is 58.4 Å². The van der Waals surface area contributed by atoms with E-state index in [9.17, 15) is 9.59 Å². The zero-order chi connectivity index (χ0) is 19.4. The molecule has 1 aromatic carbocycles. The Bertz CT molecular complexity index is 542. The van der Waals surface area contributed by atoms with E-state index in [1.54, 1.807) is 0 Å². The molecule has 1 atom stereocenters. The van der Waals surface area contributed by atoms with Crippen LogP contribution >= 0.6 is 12.6 Å². The van der Waals surface area contributed by atoms with Crippen LogP contribution in [-0.2, 0) is 20.9 Å². The van der Waals surface area contributed by atoms with Crippen LogP contribution in [0.3, 0.4) is 0 Å². The summed E-state index contributed by atoms with van der Waals surface area (Å²) in [7, 11) is 0. The zero-order valence-electron chi connectivity index (χ0n) is 16.0. The van der Waals surface area contributed by atoms with Gasteiger partial charge in [-0.15, -0.1) is 0 Å². The zero-order valence-corrected chi connectivity index (χ0v) is 16.9. The lowest BCUT2D eigenvalue weighted by Gasteiger charge is -2.23. The first-order valence-electron chi connectivity index (χ1n) is 9.10. The molecule has 1 rings (SSSR count). The molecule has 0 saturated carbocycles. The summed E-state index contributed by atoms with van der Waals surface area (Å²) in [5.41, 5.74) is 0.409. The molecule has 1 aromatic rings. The number of rotatable bonds is 10. The van der Waals surface area contributed by atoms with Gasteiger partial charge in [-0.05, 0) is 51.3 Å². The largest absolute Gasteiger partial charge is 0.461 e. The lowest BCUT2D eigenvalue weighted by molar-refractivity contribution is -0.145. The number of thiol groups is 1. The molecule has 146 valence electrons. The van der Waals surface area contributed by atoms with Crippen molar-refractivity contribution in [2.24, 2.45) is 0 Å². The van der Waals surface area contributed by atoms with Crippen molar-refractivity contribution < 1.29 is 19.1 Å². The van der Waals surface area contributed by atoms with Gasteiger partial charge in [-0.25, -0.2) is 4.79 Å². The SMILES string of the molecule is CC(C)(C)OC(=O)NC(CCCCS)CCC(=O)OCc1ccccc1. The van der Waals surface area contributed by atoms with Gasteiger partial charge in [0.1, 0.15) is 12.2 Å². The van der Waals surface area contributed by atoms with Gasteiger partial charge in [-0.1, -0.05) is 36.8 Å². The van der Waals surface area contributed by atoms with Crippen LogP contribution in [0.4, 0.5) is 4.79 Å². The maximum absolute atomic E-state index is 12.0. The number of benzene rings is 1. The van der Waals surface area contributed by atoms with Gasteiger partial charge in [0.15, 0.2) is 0 Å². The van der Waals surface area contributed by atoms with E-state index >= 15 is 0 Å². The third kappa shape index (κ3) is 11.0. The van der Waals surface area contributed by atoms with Gasteiger partial charge in [0.25, 0.3) is 0 Å². The van der Waals surface area contributed by atoms with Crippen molar-refractivity contribution in [3.8, 4) is 0 Å². The van der Waals surface area contributed by atoms with Crippen LogP contribution < -0.4 is 5.32 Å². The molecule has 0 spiro atoms. The smallest absolute Gasteiger partial charge is 0.407 e. The maximum atomic E-state index is 12.0. The molecule has 6 heteroatoms. The van der Waals surface area contributed by atoms with Gasteiger partial charge in [-0.3, -0.25) is 4.79 Å². The van der Waals surface area contributed by atoms with Crippen molar-refractivity contribution in [2.45, 2.75) is 71.1 Å². The van der Waals surface area contributed by atoms with Gasteiger partial charge in [-0.2, -0.15) is 12.6 Å². The van der Waals surface area contributed by atoms with E-state index in [4.69, 9.17) is 9.47 Å². The van der Waals surface area contributed by atoms with Crippen LogP contribution in [-0.4, -0.2) is 29.5 Å². The molecule has 0 radical (unpaired) electrons. The molecule has 0 fully saturated rings. The summed E-state index contributed by atoms with van der Waals surface area (Å²) in [5.74, 6) is 0.539. The van der Waals surface area contributed by atoms with Gasteiger partial charge in [0.2, 0.25) is 0 Å². The number of amides is 1. The third-order valence-corrected chi connectivity index (χ3v) is 3.94. The van der Waals surface area contributed by atoms with Gasteiger partial charge in [0, 0.05) is 12.5 Å². The molecule has 0 heterocycles. The Balaban J connectivity index is 2.42. The van der Waals surface area contributed by atoms with Gasteiger partial charge in [0.05, 0.1) is 0 Å². The summed E-state index contributed by atoms with van der Waals surface area (Å²) in [6.45, 7) is 5.74. The Labute approximate surface area is 162 Å². The topological polar surface area (TPSA) is 64.6 Å². The monoisotopic (exact) mass is 381 g/mol. The number of hydrogen-bond donors (Lipinski definition) is 2. The quantitative estimate of drug-likeness (QED) is 0.356. The highest BCUT2D eigenvalue weighted by molar-refractivity contribution is 7.80. The second kappa shape index (κ2) is 11.8. The number of unbranched alkanes of at least 4 members (excludes halogenated alkanes) is 1. The first kappa shape index (κ1) is 22.4. The summed E-state index contributed by atoms with van der Waals surface area (Å²) in [6, 6.07) is 9.45. The predicted octanol–water partition coefficient (Wildman–Crippen LogP) is 4.50. The van der Waals surface area contributed by atoms with Gasteiger partial charge >= 0.3 is 12.1 Å². The highest BCUT2D eigenvalue weighted by Crippen LogP contribution is 2.12. The second-order valence-electron chi connectivity index (χ2n) is 7.25. The molecule has 26 heavy (non-hydrogen) atoms. The maximum Gasteiger partial charge on any atom is 0.407 e. The molecule has 0 bridgehead atoms. The summed E-state index contributed by atoms with van der Waals surface area (Å²) >= 11 is 4.21. The molecule has 0 aromatic heterocycles. The Morgan fingerprint density at radius 3 is 2.42 bits per heavy atom. The van der Waals surface area contributed by atoms with Crippen molar-refractivity contribution in [3.05, 3.63) is 35.9 Å². The molecule has 0 aliphatic rings. The predicted molar refractivity (Wildman–Crippen MR) is 106 cm³/mol. The molecule has 0 saturated heterocycles. The normalized spacial score (nSPS) is 12.3. The summed E-state index contributed by atoms with van der Waals surface area (Å²) in [4.78, 5) is 24.0. The van der Waals surface area contributed by atoms with Crippen LogP contribution in [0, 0.1) is 0 Å². The standard InChI is InChI=1S/C20H31NO4S/c1-20(2,3)25-19(23)21-17(11-7-8-14-26)12-13-18(22)24-15-16-9-5-4-6-10-16/h4-6,9-10,17,26H,7-8,11-15H2,1-3H3,(H,21,23). The molecule has 0 aliphatic carbocycles. The van der Waals surface area contributed by atoms with E-state index in [-0.39, 0.29) is 25.0 Å². The van der Waals surface area contributed by atoms with E-state index in [1.807, 2.05) is 51.1 Å². The molecule has 0 aliphatic heterocycles. The Kier molecular flexibility index (Phi) is 10.2. The Morgan fingerprint density at radius 2 is 1.81 bits per heavy atom. The molecule has 5 nitrogen and oxygen atoms in total. The highest BCUT2D eigenvalue weighted by Gasteiger charge is 2.20. The van der Waals surface area contributed by atoms with E-state index in [0.29, 0.717) is 6.42 Å². The minimum atomic E-state index is -0.547. The fourth-order valence-corrected chi connectivity index (χ4v) is 2.59. The van der Waals surface area contributed by atoms with Crippen LogP contribution in [0.15, 0.2) is 30.3 Å². The molecule has 1 unspecified atom stereocenters. The first-order valence-corrected chi connectivity index (χ1v) is 9.73. The van der Waals surface area contributed by atoms with Crippen molar-refractivity contribution in [3.63, 3.8) is 0 Å². The molecule has 1 N–H and O–H groups in total. The number of carbonyl (C=O) groups excluding carboxylic acids is 2. The highest BCUT2D eigenvalue weighted by atomic mass is 32.1. The van der Waals surface area contributed by atoms with Crippen molar-refractivity contribution in [2.75, 3.05) is 5.75 Å². The lowest BCUT2D eigenvalue weighted by atomic mass is 10.0. The van der Waals surface area contributed by atoms with Crippen LogP contribution in [0.2, 0.25) is 0 Å². The number of alkyl carbamates (subject to hydrolysis) is 1. The average molecular weight is 382 g/mol. The lowest BCUT2D eigenvalue weighted by Crippen LogP contribution is -2.39. The Morgan fingerprint density at radius 1 is 1.12 bits per heavy atom. The van der Waals surface area contributed by atoms with E-state index in [1.165, 1.54) is 0 Å². The Hall–Kier alpha value is -1.69. The van der Waals surface area contributed by atoms with Crippen molar-refractivity contribution >= 4 is 24.7 Å². The van der Waals surface area contributed by atoms with E-state index in [2.05, 4.69) is 17.9 Å². The molecule has 1 amide bonds. The fourth-order valence-electron chi connectivity index (χ4n) is 2.37. The summed E-state index contributed by atoms with van der Waals surface area (Å²) in [6.07, 6.45) is 3.02. The molecular formula is C20H31NO4S. The van der Waals surface area contributed by atoms with Crippen LogP contribution in [0.5, 0.6) is 0 Å². The minimum absolute atomic E-state index is 0.117. The first-order chi connectivity index (χ1) is 12.3. The van der Waals surface area contributed by atoms with E-state index in [0.717, 1.165) is 30.6 Å². The van der Waals surface area contributed by atoms with E-state index < -0.39 is 11.7 Å². The van der Waals surface area contributed by atoms with Crippen LogP contribution in [0.25, 0.3) is 0 Å². The number of carbonyl (C=O) groups is 2. The summed E-state index contributed by atoms with van der Waals surface area (Å²) in [5, 5.41) is 2.87. The van der Waals surface area contributed by atoms with Gasteiger partial charge < -0.3 is 14.8 Å². The second-order valence-corrected chi connectivity index (χ2v) is 7.69. The fraction of sp³-hybridized carbons (Fsp3) is 0.600. The number of esters is 1. The minimum Gasteiger partial charge on any atom is -0.461 e. The number of nitrogens with one attached hydrogen (secondary N) is 1. The van der Waals surface area contributed by atoms with Crippen molar-refractivity contribution in [1.29, 1.82) is 0 Å². The number of ether oxygens (including phenoxy) is 2.